The highest BCUT2D eigenvalue weighted by Crippen LogP contribution is 2.23. The van der Waals surface area contributed by atoms with Gasteiger partial charge in [0.25, 0.3) is 0 Å². The zero-order valence-electron chi connectivity index (χ0n) is 12.0. The molecule has 3 aromatic rings. The smallest absolute Gasteiger partial charge is 0.244 e. The Hall–Kier alpha value is -2.60. The van der Waals surface area contributed by atoms with Crippen LogP contribution in [0.4, 0.5) is 0 Å². The van der Waals surface area contributed by atoms with Crippen molar-refractivity contribution in [2.75, 3.05) is 0 Å². The molecule has 0 aromatic carbocycles. The Morgan fingerprint density at radius 1 is 1.45 bits per heavy atom. The van der Waals surface area contributed by atoms with Crippen LogP contribution in [0.5, 0.6) is 0 Å². The molecule has 0 fully saturated rings. The molecule has 3 heterocycles. The van der Waals surface area contributed by atoms with E-state index in [0.717, 1.165) is 16.3 Å². The van der Waals surface area contributed by atoms with Crippen LogP contribution in [-0.4, -0.2) is 15.7 Å². The first kappa shape index (κ1) is 14.3. The summed E-state index contributed by atoms with van der Waals surface area (Å²) in [7, 11) is 1.87. The summed E-state index contributed by atoms with van der Waals surface area (Å²) >= 11 is 1.64. The minimum Gasteiger partial charge on any atom is -0.465 e. The van der Waals surface area contributed by atoms with Crippen molar-refractivity contribution >= 4 is 23.3 Å². The quantitative estimate of drug-likeness (QED) is 0.736. The highest BCUT2D eigenvalue weighted by Gasteiger charge is 2.08. The molecule has 1 amide bonds. The number of nitrogens with zero attached hydrogens (tertiary/aromatic N) is 2. The van der Waals surface area contributed by atoms with E-state index in [-0.39, 0.29) is 5.91 Å². The summed E-state index contributed by atoms with van der Waals surface area (Å²) in [5.74, 6) is 0.478. The number of aryl methyl sites for hydroxylation is 1. The second-order valence-corrected chi connectivity index (χ2v) is 5.64. The monoisotopic (exact) mass is 313 g/mol. The van der Waals surface area contributed by atoms with Crippen molar-refractivity contribution in [3.63, 3.8) is 0 Å². The van der Waals surface area contributed by atoms with Crippen LogP contribution < -0.4 is 5.32 Å². The van der Waals surface area contributed by atoms with Gasteiger partial charge in [0.15, 0.2) is 0 Å². The Bertz CT molecular complexity index is 771. The summed E-state index contributed by atoms with van der Waals surface area (Å²) in [5, 5.41) is 9.32. The number of nitrogens with one attached hydrogen (secondary N) is 1. The van der Waals surface area contributed by atoms with Crippen LogP contribution in [0.1, 0.15) is 11.5 Å². The minimum atomic E-state index is -0.171. The minimum absolute atomic E-state index is 0.171. The van der Waals surface area contributed by atoms with Gasteiger partial charge in [-0.3, -0.25) is 9.48 Å². The van der Waals surface area contributed by atoms with Gasteiger partial charge in [0.05, 0.1) is 23.4 Å². The molecule has 0 unspecified atom stereocenters. The zero-order chi connectivity index (χ0) is 15.4. The molecule has 112 valence electrons. The topological polar surface area (TPSA) is 60.1 Å². The van der Waals surface area contributed by atoms with Gasteiger partial charge < -0.3 is 9.73 Å². The SMILES string of the molecule is Cn1nc(-c2cccs2)cc1CNC(=O)C=Cc1ccco1. The third-order valence-corrected chi connectivity index (χ3v) is 4.03. The maximum absolute atomic E-state index is 11.8. The summed E-state index contributed by atoms with van der Waals surface area (Å²) in [5.41, 5.74) is 1.87. The number of hydrogen-bond donors (Lipinski definition) is 1. The highest BCUT2D eigenvalue weighted by molar-refractivity contribution is 7.13. The first-order valence-corrected chi connectivity index (χ1v) is 7.66. The molecule has 3 aromatic heterocycles. The molecular formula is C16H15N3O2S. The summed E-state index contributed by atoms with van der Waals surface area (Å²) in [6.45, 7) is 0.427. The van der Waals surface area contributed by atoms with Crippen LogP contribution >= 0.6 is 11.3 Å². The molecule has 6 heteroatoms. The van der Waals surface area contributed by atoms with Crippen molar-refractivity contribution in [3.05, 3.63) is 59.5 Å². The van der Waals surface area contributed by atoms with Crippen molar-refractivity contribution in [1.82, 2.24) is 15.1 Å². The highest BCUT2D eigenvalue weighted by atomic mass is 32.1. The zero-order valence-corrected chi connectivity index (χ0v) is 12.8. The molecule has 0 aliphatic rings. The fourth-order valence-electron chi connectivity index (χ4n) is 2.00. The molecule has 22 heavy (non-hydrogen) atoms. The predicted molar refractivity (Wildman–Crippen MR) is 86.1 cm³/mol. The van der Waals surface area contributed by atoms with Crippen molar-refractivity contribution in [2.45, 2.75) is 6.54 Å². The fourth-order valence-corrected chi connectivity index (χ4v) is 2.68. The van der Waals surface area contributed by atoms with E-state index in [1.807, 2.05) is 30.6 Å². The van der Waals surface area contributed by atoms with Crippen LogP contribution in [0.2, 0.25) is 0 Å². The molecule has 0 aliphatic heterocycles. The van der Waals surface area contributed by atoms with Crippen LogP contribution in [0.25, 0.3) is 16.6 Å². The van der Waals surface area contributed by atoms with E-state index in [9.17, 15) is 4.79 Å². The largest absolute Gasteiger partial charge is 0.465 e. The van der Waals surface area contributed by atoms with Crippen molar-refractivity contribution in [1.29, 1.82) is 0 Å². The Morgan fingerprint density at radius 2 is 2.36 bits per heavy atom. The molecule has 0 bridgehead atoms. The lowest BCUT2D eigenvalue weighted by atomic mass is 10.3. The summed E-state index contributed by atoms with van der Waals surface area (Å²) in [4.78, 5) is 12.9. The molecule has 0 aliphatic carbocycles. The molecule has 3 rings (SSSR count). The number of rotatable bonds is 5. The molecule has 0 atom stereocenters. The normalized spacial score (nSPS) is 11.1. The number of aromatic nitrogens is 2. The molecule has 0 spiro atoms. The second-order valence-electron chi connectivity index (χ2n) is 4.69. The Kier molecular flexibility index (Phi) is 4.20. The van der Waals surface area contributed by atoms with E-state index in [1.165, 1.54) is 6.08 Å². The van der Waals surface area contributed by atoms with Crippen molar-refractivity contribution in [2.24, 2.45) is 7.05 Å². The second kappa shape index (κ2) is 6.44. The maximum atomic E-state index is 11.8. The number of hydrogen-bond acceptors (Lipinski definition) is 4. The van der Waals surface area contributed by atoms with Crippen LogP contribution in [0.3, 0.4) is 0 Å². The Morgan fingerprint density at radius 3 is 3.09 bits per heavy atom. The lowest BCUT2D eigenvalue weighted by Crippen LogP contribution is -2.21. The van der Waals surface area contributed by atoms with E-state index >= 15 is 0 Å². The van der Waals surface area contributed by atoms with Gasteiger partial charge in [0.1, 0.15) is 11.5 Å². The van der Waals surface area contributed by atoms with Crippen LogP contribution in [-0.2, 0) is 18.4 Å². The molecule has 1 N–H and O–H groups in total. The molecule has 0 saturated carbocycles. The van der Waals surface area contributed by atoms with Crippen molar-refractivity contribution in [3.8, 4) is 10.6 Å². The number of carbonyl (C=O) groups excluding carboxylic acids is 1. The number of furan rings is 1. The van der Waals surface area contributed by atoms with E-state index in [4.69, 9.17) is 4.42 Å². The molecule has 0 radical (unpaired) electrons. The molecule has 0 saturated heterocycles. The van der Waals surface area contributed by atoms with Crippen molar-refractivity contribution < 1.29 is 9.21 Å². The lowest BCUT2D eigenvalue weighted by molar-refractivity contribution is -0.116. The predicted octanol–water partition coefficient (Wildman–Crippen LogP) is 3.07. The Labute approximate surface area is 131 Å². The van der Waals surface area contributed by atoms with Gasteiger partial charge in [0, 0.05) is 13.1 Å². The van der Waals surface area contributed by atoms with Gasteiger partial charge in [-0.05, 0) is 35.7 Å². The van der Waals surface area contributed by atoms with E-state index in [2.05, 4.69) is 10.4 Å². The van der Waals surface area contributed by atoms with E-state index < -0.39 is 0 Å². The van der Waals surface area contributed by atoms with Gasteiger partial charge in [-0.2, -0.15) is 5.10 Å². The van der Waals surface area contributed by atoms with Gasteiger partial charge in [0.2, 0.25) is 5.91 Å². The molecule has 5 nitrogen and oxygen atoms in total. The standard InChI is InChI=1S/C16H15N3O2S/c1-19-12(10-14(18-19)15-5-3-9-22-15)11-17-16(20)7-6-13-4-2-8-21-13/h2-10H,11H2,1H3,(H,17,20). The third-order valence-electron chi connectivity index (χ3n) is 3.14. The Balaban J connectivity index is 1.61. The number of amides is 1. The van der Waals surface area contributed by atoms with E-state index in [0.29, 0.717) is 12.3 Å². The first-order valence-electron chi connectivity index (χ1n) is 6.78. The van der Waals surface area contributed by atoms with E-state index in [1.54, 1.807) is 40.5 Å². The first-order chi connectivity index (χ1) is 10.7. The number of thiophene rings is 1. The summed E-state index contributed by atoms with van der Waals surface area (Å²) in [6, 6.07) is 9.58. The van der Waals surface area contributed by atoms with Gasteiger partial charge in [-0.15, -0.1) is 11.3 Å². The maximum Gasteiger partial charge on any atom is 0.244 e. The van der Waals surface area contributed by atoms with Crippen LogP contribution in [0, 0.1) is 0 Å². The summed E-state index contributed by atoms with van der Waals surface area (Å²) in [6.07, 6.45) is 4.66. The third kappa shape index (κ3) is 3.35. The van der Waals surface area contributed by atoms with Gasteiger partial charge in [-0.25, -0.2) is 0 Å². The average Bonchev–Trinajstić information content (AvgIpc) is 3.24. The number of carbonyl (C=O) groups is 1. The van der Waals surface area contributed by atoms with Gasteiger partial charge >= 0.3 is 0 Å². The fraction of sp³-hybridized carbons (Fsp3) is 0.125. The average molecular weight is 313 g/mol. The molecular weight excluding hydrogens is 298 g/mol. The lowest BCUT2D eigenvalue weighted by Gasteiger charge is -2.02. The van der Waals surface area contributed by atoms with Crippen LogP contribution in [0.15, 0.2) is 52.5 Å². The van der Waals surface area contributed by atoms with Gasteiger partial charge in [-0.1, -0.05) is 6.07 Å². The summed E-state index contributed by atoms with van der Waals surface area (Å²) < 4.78 is 6.91.